The number of carbonyl (C=O) groups excluding carboxylic acids is 3. The van der Waals surface area contributed by atoms with Crippen molar-refractivity contribution in [1.82, 2.24) is 10.6 Å². The van der Waals surface area contributed by atoms with Crippen LogP contribution in [0.2, 0.25) is 0 Å². The van der Waals surface area contributed by atoms with Crippen LogP contribution in [0, 0.1) is 5.92 Å². The second-order valence-electron chi connectivity index (χ2n) is 8.95. The third kappa shape index (κ3) is 8.79. The lowest BCUT2D eigenvalue weighted by molar-refractivity contribution is -0.123. The van der Waals surface area contributed by atoms with Crippen LogP contribution in [0.5, 0.6) is 0 Å². The standard InChI is InChI=1S/C25H33N3O4/c1-17(2)22(29)27-20-13-9-12-19(14-20)16-26-23(30)21(15-18-10-7-6-8-11-18)28-24(31)32-25(3,4)5/h6-14,17,21H,15-16H2,1-5H3,(H,26,30)(H,27,29)(H,28,31)/t21-/m0/s1. The van der Waals surface area contributed by atoms with E-state index in [0.717, 1.165) is 11.1 Å². The van der Waals surface area contributed by atoms with E-state index in [1.54, 1.807) is 26.8 Å². The molecular formula is C25H33N3O4. The summed E-state index contributed by atoms with van der Waals surface area (Å²) in [6, 6.07) is 16.0. The highest BCUT2D eigenvalue weighted by atomic mass is 16.6. The number of anilines is 1. The molecule has 0 saturated heterocycles. The summed E-state index contributed by atoms with van der Waals surface area (Å²) >= 11 is 0. The summed E-state index contributed by atoms with van der Waals surface area (Å²) in [5, 5.41) is 8.39. The van der Waals surface area contributed by atoms with Gasteiger partial charge in [-0.25, -0.2) is 4.79 Å². The Morgan fingerprint density at radius 2 is 1.56 bits per heavy atom. The number of carbonyl (C=O) groups is 3. The van der Waals surface area contributed by atoms with Gasteiger partial charge in [0.2, 0.25) is 11.8 Å². The van der Waals surface area contributed by atoms with Gasteiger partial charge >= 0.3 is 6.09 Å². The third-order valence-electron chi connectivity index (χ3n) is 4.48. The highest BCUT2D eigenvalue weighted by molar-refractivity contribution is 5.92. The maximum Gasteiger partial charge on any atom is 0.408 e. The van der Waals surface area contributed by atoms with Crippen LogP contribution >= 0.6 is 0 Å². The monoisotopic (exact) mass is 439 g/mol. The van der Waals surface area contributed by atoms with E-state index < -0.39 is 17.7 Å². The minimum atomic E-state index is -0.795. The van der Waals surface area contributed by atoms with Crippen molar-refractivity contribution in [2.45, 2.75) is 59.2 Å². The van der Waals surface area contributed by atoms with Crippen molar-refractivity contribution in [3.05, 3.63) is 65.7 Å². The van der Waals surface area contributed by atoms with Crippen molar-refractivity contribution in [1.29, 1.82) is 0 Å². The molecule has 172 valence electrons. The molecule has 32 heavy (non-hydrogen) atoms. The molecule has 0 radical (unpaired) electrons. The molecule has 0 aromatic heterocycles. The van der Waals surface area contributed by atoms with Gasteiger partial charge in [0, 0.05) is 24.6 Å². The molecule has 1 atom stereocenters. The lowest BCUT2D eigenvalue weighted by Gasteiger charge is -2.23. The Morgan fingerprint density at radius 1 is 0.906 bits per heavy atom. The van der Waals surface area contributed by atoms with Crippen LogP contribution in [0.15, 0.2) is 54.6 Å². The van der Waals surface area contributed by atoms with Crippen molar-refractivity contribution < 1.29 is 19.1 Å². The van der Waals surface area contributed by atoms with Gasteiger partial charge in [0.15, 0.2) is 0 Å². The number of benzene rings is 2. The van der Waals surface area contributed by atoms with Gasteiger partial charge in [0.25, 0.3) is 0 Å². The Labute approximate surface area is 189 Å². The number of hydrogen-bond donors (Lipinski definition) is 3. The molecular weight excluding hydrogens is 406 g/mol. The molecule has 0 aliphatic heterocycles. The van der Waals surface area contributed by atoms with Crippen molar-refractivity contribution in [2.75, 3.05) is 5.32 Å². The molecule has 0 spiro atoms. The summed E-state index contributed by atoms with van der Waals surface area (Å²) in [5.74, 6) is -0.525. The summed E-state index contributed by atoms with van der Waals surface area (Å²) in [6.07, 6.45) is -0.317. The van der Waals surface area contributed by atoms with Crippen LogP contribution < -0.4 is 16.0 Å². The molecule has 7 nitrogen and oxygen atoms in total. The smallest absolute Gasteiger partial charge is 0.408 e. The minimum absolute atomic E-state index is 0.0735. The Kier molecular flexibility index (Phi) is 8.81. The molecule has 0 aliphatic rings. The fourth-order valence-electron chi connectivity index (χ4n) is 2.87. The molecule has 0 fully saturated rings. The fourth-order valence-corrected chi connectivity index (χ4v) is 2.87. The van der Waals surface area contributed by atoms with Crippen molar-refractivity contribution >= 4 is 23.6 Å². The summed E-state index contributed by atoms with van der Waals surface area (Å²) < 4.78 is 5.32. The molecule has 3 amide bonds. The van der Waals surface area contributed by atoms with E-state index in [0.29, 0.717) is 12.1 Å². The predicted molar refractivity (Wildman–Crippen MR) is 125 cm³/mol. The molecule has 2 aromatic carbocycles. The molecule has 2 rings (SSSR count). The molecule has 7 heteroatoms. The molecule has 0 unspecified atom stereocenters. The first kappa shape index (κ1) is 24.9. The molecule has 2 aromatic rings. The number of amides is 3. The average Bonchev–Trinajstić information content (AvgIpc) is 2.71. The SMILES string of the molecule is CC(C)C(=O)Nc1cccc(CNC(=O)[C@H](Cc2ccccc2)NC(=O)OC(C)(C)C)c1. The van der Waals surface area contributed by atoms with Crippen molar-refractivity contribution in [2.24, 2.45) is 5.92 Å². The Balaban J connectivity index is 2.05. The van der Waals surface area contributed by atoms with Gasteiger partial charge in [-0.3, -0.25) is 9.59 Å². The largest absolute Gasteiger partial charge is 0.444 e. The quantitative estimate of drug-likeness (QED) is 0.578. The second kappa shape index (κ2) is 11.3. The zero-order valence-corrected chi connectivity index (χ0v) is 19.4. The average molecular weight is 440 g/mol. The Bertz CT molecular complexity index is 920. The fraction of sp³-hybridized carbons (Fsp3) is 0.400. The summed E-state index contributed by atoms with van der Waals surface area (Å²) in [6.45, 7) is 9.21. The Morgan fingerprint density at radius 3 is 2.19 bits per heavy atom. The van der Waals surface area contributed by atoms with Crippen molar-refractivity contribution in [3.63, 3.8) is 0 Å². The maximum atomic E-state index is 12.9. The van der Waals surface area contributed by atoms with E-state index in [-0.39, 0.29) is 24.3 Å². The molecule has 3 N–H and O–H groups in total. The molecule has 0 bridgehead atoms. The molecule has 0 aliphatic carbocycles. The number of ether oxygens (including phenoxy) is 1. The van der Waals surface area contributed by atoms with Crippen LogP contribution in [0.3, 0.4) is 0 Å². The first-order valence-electron chi connectivity index (χ1n) is 10.7. The number of nitrogens with one attached hydrogen (secondary N) is 3. The summed E-state index contributed by atoms with van der Waals surface area (Å²) in [7, 11) is 0. The van der Waals surface area contributed by atoms with Gasteiger partial charge in [0.1, 0.15) is 11.6 Å². The van der Waals surface area contributed by atoms with Gasteiger partial charge in [-0.1, -0.05) is 56.3 Å². The molecule has 0 heterocycles. The first-order valence-corrected chi connectivity index (χ1v) is 10.7. The van der Waals surface area contributed by atoms with Gasteiger partial charge in [0.05, 0.1) is 0 Å². The predicted octanol–water partition coefficient (Wildman–Crippen LogP) is 4.03. The van der Waals surface area contributed by atoms with Gasteiger partial charge in [-0.2, -0.15) is 0 Å². The first-order chi connectivity index (χ1) is 15.0. The lowest BCUT2D eigenvalue weighted by atomic mass is 10.1. The number of hydrogen-bond acceptors (Lipinski definition) is 4. The van der Waals surface area contributed by atoms with Crippen LogP contribution in [0.25, 0.3) is 0 Å². The highest BCUT2D eigenvalue weighted by Gasteiger charge is 2.24. The molecule has 0 saturated carbocycles. The summed E-state index contributed by atoms with van der Waals surface area (Å²) in [5.41, 5.74) is 1.75. The zero-order chi connectivity index (χ0) is 23.7. The minimum Gasteiger partial charge on any atom is -0.444 e. The van der Waals surface area contributed by atoms with Crippen LogP contribution in [0.1, 0.15) is 45.7 Å². The zero-order valence-electron chi connectivity index (χ0n) is 19.4. The topological polar surface area (TPSA) is 96.5 Å². The normalized spacial score (nSPS) is 12.1. The van der Waals surface area contributed by atoms with E-state index in [4.69, 9.17) is 4.74 Å². The maximum absolute atomic E-state index is 12.9. The summed E-state index contributed by atoms with van der Waals surface area (Å²) in [4.78, 5) is 37.1. The van der Waals surface area contributed by atoms with E-state index in [1.165, 1.54) is 0 Å². The van der Waals surface area contributed by atoms with Crippen molar-refractivity contribution in [3.8, 4) is 0 Å². The van der Waals surface area contributed by atoms with E-state index in [9.17, 15) is 14.4 Å². The van der Waals surface area contributed by atoms with Gasteiger partial charge < -0.3 is 20.7 Å². The second-order valence-corrected chi connectivity index (χ2v) is 8.95. The van der Waals surface area contributed by atoms with Gasteiger partial charge in [-0.05, 0) is 44.0 Å². The third-order valence-corrected chi connectivity index (χ3v) is 4.48. The lowest BCUT2D eigenvalue weighted by Crippen LogP contribution is -2.49. The van der Waals surface area contributed by atoms with Crippen LogP contribution in [0.4, 0.5) is 10.5 Å². The highest BCUT2D eigenvalue weighted by Crippen LogP contribution is 2.13. The number of rotatable bonds is 8. The van der Waals surface area contributed by atoms with Crippen LogP contribution in [-0.4, -0.2) is 29.6 Å². The number of alkyl carbamates (subject to hydrolysis) is 1. The van der Waals surface area contributed by atoms with Gasteiger partial charge in [-0.15, -0.1) is 0 Å². The van der Waals surface area contributed by atoms with E-state index >= 15 is 0 Å². The van der Waals surface area contributed by atoms with E-state index in [2.05, 4.69) is 16.0 Å². The van der Waals surface area contributed by atoms with E-state index in [1.807, 2.05) is 62.4 Å². The van der Waals surface area contributed by atoms with Crippen LogP contribution in [-0.2, 0) is 27.3 Å². The Hall–Kier alpha value is -3.35.